The molecule has 8 aromatic carbocycles. The second kappa shape index (κ2) is 10.6. The van der Waals surface area contributed by atoms with E-state index in [4.69, 9.17) is 0 Å². The molecule has 0 amide bonds. The molecule has 0 atom stereocenters. The Morgan fingerprint density at radius 2 is 0.826 bits per heavy atom. The van der Waals surface area contributed by atoms with Gasteiger partial charge in [-0.1, -0.05) is 152 Å². The summed E-state index contributed by atoms with van der Waals surface area (Å²) >= 11 is 0. The molecule has 0 aromatic heterocycles. The first-order valence-corrected chi connectivity index (χ1v) is 17.3. The molecule has 0 bridgehead atoms. The van der Waals surface area contributed by atoms with Gasteiger partial charge in [-0.15, -0.1) is 0 Å². The van der Waals surface area contributed by atoms with Crippen molar-refractivity contribution in [3.05, 3.63) is 119 Å². The maximum absolute atomic E-state index is 2.50. The highest BCUT2D eigenvalue weighted by molar-refractivity contribution is 6.41. The van der Waals surface area contributed by atoms with Gasteiger partial charge in [-0.3, -0.25) is 0 Å². The molecule has 0 saturated carbocycles. The molecule has 0 heterocycles. The summed E-state index contributed by atoms with van der Waals surface area (Å²) in [7, 11) is 0. The van der Waals surface area contributed by atoms with Crippen LogP contribution in [0.4, 0.5) is 0 Å². The summed E-state index contributed by atoms with van der Waals surface area (Å²) in [6, 6.07) is 38.2. The minimum atomic E-state index is 0.436. The van der Waals surface area contributed by atoms with E-state index < -0.39 is 0 Å². The zero-order chi connectivity index (χ0) is 32.0. The van der Waals surface area contributed by atoms with Gasteiger partial charge in [0.15, 0.2) is 0 Å². The Hall–Kier alpha value is -4.42. The molecule has 0 unspecified atom stereocenters. The van der Waals surface area contributed by atoms with Gasteiger partial charge in [0.1, 0.15) is 0 Å². The van der Waals surface area contributed by atoms with E-state index in [2.05, 4.69) is 152 Å². The molecule has 0 heteroatoms. The molecule has 0 spiro atoms. The molecule has 0 aliphatic rings. The Kier molecular flexibility index (Phi) is 6.66. The van der Waals surface area contributed by atoms with Crippen LogP contribution in [0.2, 0.25) is 0 Å². The zero-order valence-corrected chi connectivity index (χ0v) is 28.5. The Bertz CT molecular complexity index is 2460. The van der Waals surface area contributed by atoms with Crippen LogP contribution in [0, 0.1) is 0 Å². The molecule has 8 aromatic rings. The molecule has 0 N–H and O–H groups in total. The maximum Gasteiger partial charge on any atom is -0.00136 e. The minimum Gasteiger partial charge on any atom is -0.0616 e. The third-order valence-corrected chi connectivity index (χ3v) is 10.6. The van der Waals surface area contributed by atoms with Crippen molar-refractivity contribution in [3.8, 4) is 11.1 Å². The van der Waals surface area contributed by atoms with E-state index in [1.165, 1.54) is 98.0 Å². The van der Waals surface area contributed by atoms with Crippen molar-refractivity contribution in [2.75, 3.05) is 0 Å². The predicted molar refractivity (Wildman–Crippen MR) is 204 cm³/mol. The standard InChI is InChI=1S/C46H44/c1-25(2)29-16-17-35-33(18-29)19-30(26(3)4)22-40(35)44-36-12-9-10-13-37(36)46-42-24-32(28(7)8)21-34-20-31(27(5)6)23-41(43(34)42)38-14-11-15-39(44)45(38)46/h9-28H,1-8H3. The lowest BCUT2D eigenvalue weighted by atomic mass is 9.80. The van der Waals surface area contributed by atoms with Crippen LogP contribution in [-0.4, -0.2) is 0 Å². The summed E-state index contributed by atoms with van der Waals surface area (Å²) in [5.74, 6) is 1.84. The highest BCUT2D eigenvalue weighted by atomic mass is 14.3. The first-order valence-electron chi connectivity index (χ1n) is 17.3. The number of rotatable bonds is 5. The smallest absolute Gasteiger partial charge is 0.00136 e. The number of benzene rings is 8. The van der Waals surface area contributed by atoms with Gasteiger partial charge >= 0.3 is 0 Å². The van der Waals surface area contributed by atoms with Gasteiger partial charge in [0, 0.05) is 0 Å². The summed E-state index contributed by atoms with van der Waals surface area (Å²) in [5, 5.41) is 16.4. The van der Waals surface area contributed by atoms with Gasteiger partial charge in [-0.2, -0.15) is 0 Å². The van der Waals surface area contributed by atoms with E-state index in [1.54, 1.807) is 0 Å². The lowest BCUT2D eigenvalue weighted by Gasteiger charge is -2.23. The highest BCUT2D eigenvalue weighted by Crippen LogP contribution is 2.50. The summed E-state index contributed by atoms with van der Waals surface area (Å²) in [6.07, 6.45) is 0. The molecule has 0 nitrogen and oxygen atoms in total. The second-order valence-electron chi connectivity index (χ2n) is 14.9. The van der Waals surface area contributed by atoms with Crippen molar-refractivity contribution in [2.45, 2.75) is 79.1 Å². The van der Waals surface area contributed by atoms with E-state index in [0.717, 1.165) is 0 Å². The third-order valence-electron chi connectivity index (χ3n) is 10.6. The Morgan fingerprint density at radius 3 is 1.50 bits per heavy atom. The van der Waals surface area contributed by atoms with Crippen LogP contribution in [0.25, 0.3) is 75.8 Å². The molecule has 0 aliphatic heterocycles. The van der Waals surface area contributed by atoms with Crippen LogP contribution in [-0.2, 0) is 0 Å². The molecule has 0 aliphatic carbocycles. The summed E-state index contributed by atoms with van der Waals surface area (Å²) in [4.78, 5) is 0. The van der Waals surface area contributed by atoms with Gasteiger partial charge in [0.25, 0.3) is 0 Å². The summed E-state index contributed by atoms with van der Waals surface area (Å²) in [6.45, 7) is 18.5. The topological polar surface area (TPSA) is 0 Å². The summed E-state index contributed by atoms with van der Waals surface area (Å²) < 4.78 is 0. The normalized spacial score (nSPS) is 12.7. The van der Waals surface area contributed by atoms with Gasteiger partial charge in [0.05, 0.1) is 0 Å². The van der Waals surface area contributed by atoms with Gasteiger partial charge in [-0.25, -0.2) is 0 Å². The maximum atomic E-state index is 2.50. The fourth-order valence-electron chi connectivity index (χ4n) is 7.97. The Morgan fingerprint density at radius 1 is 0.326 bits per heavy atom. The zero-order valence-electron chi connectivity index (χ0n) is 28.5. The van der Waals surface area contributed by atoms with Gasteiger partial charge in [-0.05, 0) is 122 Å². The molecule has 0 saturated heterocycles. The highest BCUT2D eigenvalue weighted by Gasteiger charge is 2.23. The van der Waals surface area contributed by atoms with E-state index in [0.29, 0.717) is 23.7 Å². The number of hydrogen-bond donors (Lipinski definition) is 0. The second-order valence-corrected chi connectivity index (χ2v) is 14.9. The van der Waals surface area contributed by atoms with Crippen LogP contribution in [0.3, 0.4) is 0 Å². The summed E-state index contributed by atoms with van der Waals surface area (Å²) in [5.41, 5.74) is 8.32. The third kappa shape index (κ3) is 4.26. The SMILES string of the molecule is CC(C)c1ccc2c(-c3c4ccccc4c4c5cc(C(C)C)cc6cc(C(C)C)cc(c7cccc3c74)c65)cc(C(C)C)cc2c1. The largest absolute Gasteiger partial charge is 0.0616 e. The van der Waals surface area contributed by atoms with Crippen LogP contribution in [0.15, 0.2) is 97.1 Å². The molecule has 0 fully saturated rings. The van der Waals surface area contributed by atoms with Crippen molar-refractivity contribution in [1.82, 2.24) is 0 Å². The Labute approximate surface area is 273 Å². The Balaban J connectivity index is 1.64. The molecule has 228 valence electrons. The molecule has 46 heavy (non-hydrogen) atoms. The van der Waals surface area contributed by atoms with Crippen molar-refractivity contribution in [2.24, 2.45) is 0 Å². The molecule has 0 radical (unpaired) electrons. The first-order chi connectivity index (χ1) is 22.1. The van der Waals surface area contributed by atoms with Crippen LogP contribution >= 0.6 is 0 Å². The van der Waals surface area contributed by atoms with Crippen molar-refractivity contribution in [1.29, 1.82) is 0 Å². The minimum absolute atomic E-state index is 0.436. The predicted octanol–water partition coefficient (Wildman–Crippen LogP) is 14.2. The van der Waals surface area contributed by atoms with E-state index in [9.17, 15) is 0 Å². The van der Waals surface area contributed by atoms with Gasteiger partial charge < -0.3 is 0 Å². The van der Waals surface area contributed by atoms with Crippen molar-refractivity contribution in [3.63, 3.8) is 0 Å². The van der Waals surface area contributed by atoms with E-state index in [-0.39, 0.29) is 0 Å². The molecule has 8 rings (SSSR count). The van der Waals surface area contributed by atoms with Crippen LogP contribution in [0.1, 0.15) is 101 Å². The molecular weight excluding hydrogens is 553 g/mol. The lowest BCUT2D eigenvalue weighted by Crippen LogP contribution is -1.97. The monoisotopic (exact) mass is 596 g/mol. The molecular formula is C46H44. The van der Waals surface area contributed by atoms with Crippen LogP contribution < -0.4 is 0 Å². The number of hydrogen-bond acceptors (Lipinski definition) is 0. The number of fused-ring (bicyclic) bond motifs is 5. The average Bonchev–Trinajstić information content (AvgIpc) is 3.04. The quantitative estimate of drug-likeness (QED) is 0.137. The van der Waals surface area contributed by atoms with Crippen LogP contribution in [0.5, 0.6) is 0 Å². The van der Waals surface area contributed by atoms with Crippen molar-refractivity contribution < 1.29 is 0 Å². The van der Waals surface area contributed by atoms with E-state index >= 15 is 0 Å². The van der Waals surface area contributed by atoms with E-state index in [1.807, 2.05) is 0 Å². The fourth-order valence-corrected chi connectivity index (χ4v) is 7.97. The fraction of sp³-hybridized carbons (Fsp3) is 0.261. The van der Waals surface area contributed by atoms with Crippen molar-refractivity contribution >= 4 is 64.6 Å². The average molecular weight is 597 g/mol. The lowest BCUT2D eigenvalue weighted by molar-refractivity contribution is 0.865. The van der Waals surface area contributed by atoms with Gasteiger partial charge in [0.2, 0.25) is 0 Å². The first kappa shape index (κ1) is 29.0.